The molecule has 1 heterocycles. The molecule has 4 rings (SSSR count). The van der Waals surface area contributed by atoms with Gasteiger partial charge in [-0.3, -0.25) is 0 Å². The van der Waals surface area contributed by atoms with Crippen molar-refractivity contribution in [1.29, 1.82) is 0 Å². The van der Waals surface area contributed by atoms with Crippen LogP contribution in [-0.4, -0.2) is 45.5 Å². The topological polar surface area (TPSA) is 131 Å². The van der Waals surface area contributed by atoms with E-state index in [4.69, 9.17) is 22.1 Å². The number of alkyl carbamates (subject to hydrolysis) is 1. The third kappa shape index (κ3) is 4.52. The van der Waals surface area contributed by atoms with Crippen LogP contribution in [0.3, 0.4) is 0 Å². The Labute approximate surface area is 190 Å². The minimum absolute atomic E-state index is 0.0129. The number of fused-ring (bicyclic) bond motifs is 3. The highest BCUT2D eigenvalue weighted by molar-refractivity contribution is 6.28. The Kier molecular flexibility index (Phi) is 6.55. The van der Waals surface area contributed by atoms with Crippen molar-refractivity contribution in [3.05, 3.63) is 76.7 Å². The molecular formula is C23H23ClN4O4. The molecule has 2 aromatic carbocycles. The monoisotopic (exact) mass is 454 g/mol. The van der Waals surface area contributed by atoms with E-state index < -0.39 is 18.3 Å². The summed E-state index contributed by atoms with van der Waals surface area (Å²) < 4.78 is 5.45. The number of aliphatic hydroxyl groups is 2. The summed E-state index contributed by atoms with van der Waals surface area (Å²) in [5, 5.41) is 23.0. The Hall–Kier alpha value is -3.20. The molecule has 5 N–H and O–H groups in total. The summed E-state index contributed by atoms with van der Waals surface area (Å²) in [6.07, 6.45) is -1.75. The maximum absolute atomic E-state index is 12.2. The molecule has 8 nitrogen and oxygen atoms in total. The van der Waals surface area contributed by atoms with Crippen LogP contribution in [0.5, 0.6) is 0 Å². The first-order chi connectivity index (χ1) is 15.5. The van der Waals surface area contributed by atoms with Crippen molar-refractivity contribution < 1.29 is 19.7 Å². The molecule has 1 amide bonds. The van der Waals surface area contributed by atoms with Crippen LogP contribution in [0.15, 0.2) is 54.7 Å². The lowest BCUT2D eigenvalue weighted by Crippen LogP contribution is -2.31. The highest BCUT2D eigenvalue weighted by Crippen LogP contribution is 2.44. The molecule has 0 bridgehead atoms. The van der Waals surface area contributed by atoms with E-state index in [1.807, 2.05) is 36.4 Å². The summed E-state index contributed by atoms with van der Waals surface area (Å²) in [5.74, 6) is -0.0468. The molecule has 2 unspecified atom stereocenters. The minimum Gasteiger partial charge on any atom is -0.449 e. The van der Waals surface area contributed by atoms with Crippen LogP contribution in [0.1, 0.15) is 35.1 Å². The zero-order valence-electron chi connectivity index (χ0n) is 17.1. The maximum Gasteiger partial charge on any atom is 0.407 e. The average molecular weight is 455 g/mol. The van der Waals surface area contributed by atoms with E-state index in [0.29, 0.717) is 0 Å². The SMILES string of the molecule is Nc1nc(Cl)ncc1C(O)C(O)CCNC(=O)OCC1c2ccccc2-c2ccccc21. The number of benzene rings is 2. The van der Waals surface area contributed by atoms with Crippen molar-refractivity contribution >= 4 is 23.5 Å². The number of halogens is 1. The number of carbonyl (C=O) groups excluding carboxylic acids is 1. The van der Waals surface area contributed by atoms with Gasteiger partial charge in [-0.05, 0) is 40.3 Å². The molecule has 32 heavy (non-hydrogen) atoms. The van der Waals surface area contributed by atoms with Crippen LogP contribution in [-0.2, 0) is 4.74 Å². The average Bonchev–Trinajstić information content (AvgIpc) is 3.11. The van der Waals surface area contributed by atoms with Crippen LogP contribution in [0, 0.1) is 0 Å². The van der Waals surface area contributed by atoms with Crippen molar-refractivity contribution in [2.45, 2.75) is 24.5 Å². The predicted molar refractivity (Wildman–Crippen MR) is 120 cm³/mol. The molecule has 166 valence electrons. The Bertz CT molecular complexity index is 1080. The normalized spacial score (nSPS) is 14.3. The van der Waals surface area contributed by atoms with Gasteiger partial charge in [0.25, 0.3) is 0 Å². The molecule has 0 fully saturated rings. The first-order valence-electron chi connectivity index (χ1n) is 10.2. The van der Waals surface area contributed by atoms with E-state index >= 15 is 0 Å². The number of nitrogens with two attached hydrogens (primary N) is 1. The Morgan fingerprint density at radius 2 is 1.75 bits per heavy atom. The second-order valence-electron chi connectivity index (χ2n) is 7.53. The van der Waals surface area contributed by atoms with Gasteiger partial charge in [-0.15, -0.1) is 0 Å². The van der Waals surface area contributed by atoms with E-state index in [-0.39, 0.29) is 42.2 Å². The molecule has 3 aromatic rings. The second-order valence-corrected chi connectivity index (χ2v) is 7.87. The number of nitrogens with zero attached hydrogens (tertiary/aromatic N) is 2. The van der Waals surface area contributed by atoms with Crippen molar-refractivity contribution in [3.63, 3.8) is 0 Å². The first-order valence-corrected chi connectivity index (χ1v) is 10.6. The number of carbonyl (C=O) groups is 1. The first kappa shape index (κ1) is 22.0. The van der Waals surface area contributed by atoms with Crippen LogP contribution >= 0.6 is 11.6 Å². The molecule has 1 aliphatic carbocycles. The number of ether oxygens (including phenoxy) is 1. The van der Waals surface area contributed by atoms with Gasteiger partial charge in [-0.2, -0.15) is 0 Å². The number of hydrogen-bond donors (Lipinski definition) is 4. The summed E-state index contributed by atoms with van der Waals surface area (Å²) >= 11 is 5.64. The van der Waals surface area contributed by atoms with E-state index in [1.54, 1.807) is 0 Å². The fourth-order valence-electron chi connectivity index (χ4n) is 3.95. The van der Waals surface area contributed by atoms with Crippen molar-refractivity contribution in [3.8, 4) is 11.1 Å². The fraction of sp³-hybridized carbons (Fsp3) is 0.261. The van der Waals surface area contributed by atoms with Gasteiger partial charge in [0.05, 0.1) is 6.10 Å². The van der Waals surface area contributed by atoms with Crippen molar-refractivity contribution in [2.75, 3.05) is 18.9 Å². The maximum atomic E-state index is 12.2. The number of anilines is 1. The number of amides is 1. The second kappa shape index (κ2) is 9.52. The predicted octanol–water partition coefficient (Wildman–Crippen LogP) is 3.04. The molecule has 0 spiro atoms. The van der Waals surface area contributed by atoms with Crippen LogP contribution in [0.4, 0.5) is 10.6 Å². The van der Waals surface area contributed by atoms with Gasteiger partial charge in [0.1, 0.15) is 18.5 Å². The van der Waals surface area contributed by atoms with Crippen LogP contribution in [0.2, 0.25) is 5.28 Å². The van der Waals surface area contributed by atoms with E-state index in [0.717, 1.165) is 22.3 Å². The summed E-state index contributed by atoms with van der Waals surface area (Å²) in [4.78, 5) is 19.7. The summed E-state index contributed by atoms with van der Waals surface area (Å²) in [5.41, 5.74) is 10.4. The largest absolute Gasteiger partial charge is 0.449 e. The zero-order chi connectivity index (χ0) is 22.7. The number of nitrogens with one attached hydrogen (secondary N) is 1. The molecule has 0 aliphatic heterocycles. The lowest BCUT2D eigenvalue weighted by atomic mass is 9.98. The van der Waals surface area contributed by atoms with Crippen molar-refractivity contribution in [1.82, 2.24) is 15.3 Å². The molecule has 9 heteroatoms. The number of aromatic nitrogens is 2. The molecule has 0 saturated carbocycles. The lowest BCUT2D eigenvalue weighted by Gasteiger charge is -2.19. The fourth-order valence-corrected chi connectivity index (χ4v) is 4.09. The van der Waals surface area contributed by atoms with Gasteiger partial charge in [0, 0.05) is 24.2 Å². The molecule has 0 radical (unpaired) electrons. The summed E-state index contributed by atoms with van der Waals surface area (Å²) in [7, 11) is 0. The van der Waals surface area contributed by atoms with Gasteiger partial charge >= 0.3 is 6.09 Å². The van der Waals surface area contributed by atoms with Gasteiger partial charge in [-0.25, -0.2) is 14.8 Å². The molecule has 2 atom stereocenters. The molecular weight excluding hydrogens is 432 g/mol. The van der Waals surface area contributed by atoms with E-state index in [2.05, 4.69) is 27.4 Å². The van der Waals surface area contributed by atoms with E-state index in [1.165, 1.54) is 6.20 Å². The summed E-state index contributed by atoms with van der Waals surface area (Å²) in [6.45, 7) is 0.299. The van der Waals surface area contributed by atoms with Gasteiger partial charge in [0.2, 0.25) is 5.28 Å². The quantitative estimate of drug-likeness (QED) is 0.403. The van der Waals surface area contributed by atoms with E-state index in [9.17, 15) is 15.0 Å². The third-order valence-corrected chi connectivity index (χ3v) is 5.74. The molecule has 0 saturated heterocycles. The molecule has 1 aromatic heterocycles. The Morgan fingerprint density at radius 1 is 1.12 bits per heavy atom. The standard InChI is InChI=1S/C23H23ClN4O4/c24-22-27-11-17(21(25)28-22)20(30)19(29)9-10-26-23(31)32-12-18-15-7-3-1-5-13(15)14-6-2-4-8-16(14)18/h1-8,11,18-20,29-30H,9-10,12H2,(H,26,31)(H2,25,27,28). The highest BCUT2D eigenvalue weighted by Gasteiger charge is 2.29. The third-order valence-electron chi connectivity index (χ3n) is 5.55. The minimum atomic E-state index is -1.31. The van der Waals surface area contributed by atoms with Gasteiger partial charge in [0.15, 0.2) is 0 Å². The number of nitrogen functional groups attached to an aromatic ring is 1. The molecule has 1 aliphatic rings. The highest BCUT2D eigenvalue weighted by atomic mass is 35.5. The van der Waals surface area contributed by atoms with Crippen LogP contribution in [0.25, 0.3) is 11.1 Å². The van der Waals surface area contributed by atoms with Gasteiger partial charge < -0.3 is 26.0 Å². The number of rotatable bonds is 7. The number of aliphatic hydroxyl groups excluding tert-OH is 2. The Balaban J connectivity index is 1.29. The van der Waals surface area contributed by atoms with Crippen LogP contribution < -0.4 is 11.1 Å². The zero-order valence-corrected chi connectivity index (χ0v) is 17.9. The summed E-state index contributed by atoms with van der Waals surface area (Å²) in [6, 6.07) is 16.2. The smallest absolute Gasteiger partial charge is 0.407 e. The number of hydrogen-bond acceptors (Lipinski definition) is 7. The Morgan fingerprint density at radius 3 is 2.38 bits per heavy atom. The van der Waals surface area contributed by atoms with Gasteiger partial charge in [-0.1, -0.05) is 48.5 Å². The lowest BCUT2D eigenvalue weighted by molar-refractivity contribution is 0.0137. The van der Waals surface area contributed by atoms with Crippen molar-refractivity contribution in [2.24, 2.45) is 0 Å².